The molecule has 1 N–H and O–H groups in total. The Morgan fingerprint density at radius 1 is 0.939 bits per heavy atom. The number of benzene rings is 2. The summed E-state index contributed by atoms with van der Waals surface area (Å²) in [5.74, 6) is 1.41. The highest BCUT2D eigenvalue weighted by Gasteiger charge is 2.33. The zero-order valence-electron chi connectivity index (χ0n) is 17.4. The van der Waals surface area contributed by atoms with Gasteiger partial charge in [-0.25, -0.2) is 4.99 Å². The minimum Gasteiger partial charge on any atom is -0.497 e. The maximum atomic E-state index is 9.79. The number of hydrogen-bond donors (Lipinski definition) is 1. The fraction of sp³-hybridized carbons (Fsp3) is 0.273. The summed E-state index contributed by atoms with van der Waals surface area (Å²) in [5.41, 5.74) is 1.34. The van der Waals surface area contributed by atoms with Gasteiger partial charge in [-0.15, -0.1) is 0 Å². The van der Waals surface area contributed by atoms with Crippen molar-refractivity contribution in [2.45, 2.75) is 12.1 Å². The van der Waals surface area contributed by atoms with Gasteiger partial charge < -0.3 is 24.3 Å². The Hall–Kier alpha value is -2.50. The Bertz CT molecular complexity index is 1160. The van der Waals surface area contributed by atoms with Crippen molar-refractivity contribution in [2.75, 3.05) is 27.4 Å². The largest absolute Gasteiger partial charge is 0.497 e. The lowest BCUT2D eigenvalue weighted by atomic mass is 10.1. The van der Waals surface area contributed by atoms with Crippen molar-refractivity contribution in [1.82, 2.24) is 5.32 Å². The summed E-state index contributed by atoms with van der Waals surface area (Å²) in [6.07, 6.45) is 0. The summed E-state index contributed by atoms with van der Waals surface area (Å²) in [6, 6.07) is 7.84. The summed E-state index contributed by atoms with van der Waals surface area (Å²) in [4.78, 5) is 4.52. The number of rotatable bonds is 5. The molecule has 2 aliphatic heterocycles. The van der Waals surface area contributed by atoms with Crippen LogP contribution in [-0.4, -0.2) is 33.3 Å². The number of halogens is 4. The van der Waals surface area contributed by atoms with Gasteiger partial charge in [-0.3, -0.25) is 0 Å². The van der Waals surface area contributed by atoms with Gasteiger partial charge in [0, 0.05) is 11.1 Å². The number of nitrogens with one attached hydrogen (secondary N) is 1. The van der Waals surface area contributed by atoms with E-state index < -0.39 is 6.04 Å². The molecule has 0 bridgehead atoms. The zero-order chi connectivity index (χ0) is 23.7. The van der Waals surface area contributed by atoms with Gasteiger partial charge in [0.15, 0.2) is 5.57 Å². The second-order valence-corrected chi connectivity index (χ2v) is 8.72. The third-order valence-corrected chi connectivity index (χ3v) is 6.41. The predicted molar refractivity (Wildman–Crippen MR) is 127 cm³/mol. The quantitative estimate of drug-likeness (QED) is 0.487. The molecule has 4 rings (SSSR count). The number of methoxy groups -OCH3 is 2. The van der Waals surface area contributed by atoms with Crippen LogP contribution >= 0.6 is 46.4 Å². The number of aliphatic imine (C=N–C) groups is 1. The SMILES string of the molecule is COc1cc(Cl)c([C@@H]2COC(/C(C#N)=C3\N[C@H](c4c(Cl)cc(OC)cc4Cl)CO3)=N2)c(Cl)c1. The van der Waals surface area contributed by atoms with Crippen molar-refractivity contribution < 1.29 is 18.9 Å². The van der Waals surface area contributed by atoms with Crippen LogP contribution in [0.15, 0.2) is 40.7 Å². The topological polar surface area (TPSA) is 85.1 Å². The predicted octanol–water partition coefficient (Wildman–Crippen LogP) is 5.88. The smallest absolute Gasteiger partial charge is 0.233 e. The third-order valence-electron chi connectivity index (χ3n) is 5.16. The van der Waals surface area contributed by atoms with Crippen LogP contribution in [0.4, 0.5) is 0 Å². The van der Waals surface area contributed by atoms with E-state index in [0.29, 0.717) is 42.7 Å². The van der Waals surface area contributed by atoms with Crippen molar-refractivity contribution in [3.05, 3.63) is 66.9 Å². The molecular weight excluding hydrogens is 512 g/mol. The van der Waals surface area contributed by atoms with Crippen molar-refractivity contribution in [3.63, 3.8) is 0 Å². The normalized spacial score (nSPS) is 20.8. The van der Waals surface area contributed by atoms with E-state index >= 15 is 0 Å². The van der Waals surface area contributed by atoms with Crippen LogP contribution in [0.25, 0.3) is 0 Å². The van der Waals surface area contributed by atoms with Crippen LogP contribution in [0.2, 0.25) is 20.1 Å². The molecule has 1 saturated heterocycles. The summed E-state index contributed by atoms with van der Waals surface area (Å²) in [5, 5.41) is 14.5. The molecule has 0 spiro atoms. The zero-order valence-corrected chi connectivity index (χ0v) is 20.4. The highest BCUT2D eigenvalue weighted by atomic mass is 35.5. The molecule has 0 aromatic heterocycles. The summed E-state index contributed by atoms with van der Waals surface area (Å²) in [7, 11) is 3.05. The van der Waals surface area contributed by atoms with Crippen molar-refractivity contribution in [2.24, 2.45) is 4.99 Å². The van der Waals surface area contributed by atoms with Gasteiger partial charge in [-0.2, -0.15) is 5.26 Å². The third kappa shape index (κ3) is 4.62. The van der Waals surface area contributed by atoms with Crippen LogP contribution < -0.4 is 14.8 Å². The molecule has 2 aromatic rings. The number of ether oxygens (including phenoxy) is 4. The second kappa shape index (κ2) is 9.78. The van der Waals surface area contributed by atoms with E-state index in [1.807, 2.05) is 0 Å². The monoisotopic (exact) mass is 527 g/mol. The van der Waals surface area contributed by atoms with E-state index in [2.05, 4.69) is 16.4 Å². The first-order valence-electron chi connectivity index (χ1n) is 9.66. The molecule has 7 nitrogen and oxygen atoms in total. The van der Waals surface area contributed by atoms with E-state index in [4.69, 9.17) is 65.4 Å². The lowest BCUT2D eigenvalue weighted by Gasteiger charge is -2.14. The average molecular weight is 529 g/mol. The number of nitrogens with zero attached hydrogens (tertiary/aromatic N) is 2. The fourth-order valence-electron chi connectivity index (χ4n) is 3.57. The number of hydrogen-bond acceptors (Lipinski definition) is 7. The molecular formula is C22H17Cl4N3O4. The van der Waals surface area contributed by atoms with Gasteiger partial charge in [0.1, 0.15) is 36.8 Å². The highest BCUT2D eigenvalue weighted by molar-refractivity contribution is 6.37. The van der Waals surface area contributed by atoms with Crippen LogP contribution in [-0.2, 0) is 9.47 Å². The van der Waals surface area contributed by atoms with Gasteiger partial charge in [0.05, 0.1) is 40.4 Å². The van der Waals surface area contributed by atoms with Gasteiger partial charge >= 0.3 is 0 Å². The van der Waals surface area contributed by atoms with Crippen LogP contribution in [0.1, 0.15) is 23.2 Å². The first-order valence-corrected chi connectivity index (χ1v) is 11.2. The summed E-state index contributed by atoms with van der Waals surface area (Å²) in [6.45, 7) is 0.373. The highest BCUT2D eigenvalue weighted by Crippen LogP contribution is 2.40. The Labute approximate surface area is 210 Å². The van der Waals surface area contributed by atoms with Crippen molar-refractivity contribution in [3.8, 4) is 17.6 Å². The Balaban J connectivity index is 1.61. The molecule has 0 aliphatic carbocycles. The van der Waals surface area contributed by atoms with Crippen LogP contribution in [0, 0.1) is 11.3 Å². The van der Waals surface area contributed by atoms with Gasteiger partial charge in [-0.1, -0.05) is 46.4 Å². The minimum atomic E-state index is -0.488. The number of nitriles is 1. The maximum absolute atomic E-state index is 9.79. The molecule has 2 atom stereocenters. The Kier molecular flexibility index (Phi) is 7.01. The lowest BCUT2D eigenvalue weighted by Crippen LogP contribution is -2.18. The van der Waals surface area contributed by atoms with Crippen molar-refractivity contribution in [1.29, 1.82) is 5.26 Å². The molecule has 0 unspecified atom stereocenters. The van der Waals surface area contributed by atoms with Gasteiger partial charge in [-0.05, 0) is 24.3 Å². The van der Waals surface area contributed by atoms with E-state index in [-0.39, 0.29) is 36.6 Å². The molecule has 0 amide bonds. The van der Waals surface area contributed by atoms with Crippen molar-refractivity contribution >= 4 is 52.3 Å². The molecule has 2 heterocycles. The van der Waals surface area contributed by atoms with Crippen LogP contribution in [0.3, 0.4) is 0 Å². The van der Waals surface area contributed by atoms with Gasteiger partial charge in [0.25, 0.3) is 0 Å². The minimum absolute atomic E-state index is 0.113. The van der Waals surface area contributed by atoms with E-state index in [9.17, 15) is 5.26 Å². The second-order valence-electron chi connectivity index (χ2n) is 7.09. The Morgan fingerprint density at radius 2 is 1.48 bits per heavy atom. The van der Waals surface area contributed by atoms with E-state index in [1.165, 1.54) is 14.2 Å². The molecule has 172 valence electrons. The first kappa shape index (κ1) is 23.7. The summed E-state index contributed by atoms with van der Waals surface area (Å²) < 4.78 is 21.8. The van der Waals surface area contributed by atoms with Gasteiger partial charge in [0.2, 0.25) is 11.8 Å². The molecule has 0 saturated carbocycles. The molecule has 11 heteroatoms. The first-order chi connectivity index (χ1) is 15.9. The standard InChI is InChI=1S/C22H17Cl4N3O4/c1-30-10-3-13(23)19(14(24)4-10)17-8-32-21(28-17)12(7-27)22-29-18(9-33-22)20-15(25)5-11(31-2)6-16(20)26/h3-6,17-18,28H,8-9H2,1-2H3/b21-12+/t17-,18-/m0/s1. The van der Waals surface area contributed by atoms with E-state index in [1.54, 1.807) is 24.3 Å². The fourth-order valence-corrected chi connectivity index (χ4v) is 5.02. The molecule has 2 aliphatic rings. The molecule has 0 radical (unpaired) electrons. The summed E-state index contributed by atoms with van der Waals surface area (Å²) >= 11 is 25.6. The average Bonchev–Trinajstić information content (AvgIpc) is 3.44. The van der Waals surface area contributed by atoms with Crippen LogP contribution in [0.5, 0.6) is 11.5 Å². The maximum Gasteiger partial charge on any atom is 0.233 e. The molecule has 1 fully saturated rings. The van der Waals surface area contributed by atoms with E-state index in [0.717, 1.165) is 0 Å². The molecule has 2 aromatic carbocycles. The lowest BCUT2D eigenvalue weighted by molar-refractivity contribution is 0.251. The molecule has 33 heavy (non-hydrogen) atoms. The Morgan fingerprint density at radius 3 is 2.00 bits per heavy atom.